The molecule has 1 aromatic rings. The molecule has 0 heterocycles. The Kier molecular flexibility index (Phi) is 2.08. The lowest BCUT2D eigenvalue weighted by molar-refractivity contribution is 0.0979. The van der Waals surface area contributed by atoms with Crippen molar-refractivity contribution in [2.75, 3.05) is 0 Å². The van der Waals surface area contributed by atoms with Gasteiger partial charge in [0.2, 0.25) is 0 Å². The van der Waals surface area contributed by atoms with Crippen LogP contribution in [-0.4, -0.2) is 21.8 Å². The van der Waals surface area contributed by atoms with Crippen LogP contribution in [0.25, 0.3) is 0 Å². The Morgan fingerprint density at radius 2 is 1.69 bits per heavy atom. The summed E-state index contributed by atoms with van der Waals surface area (Å²) in [7, 11) is 0. The number of benzene rings is 1. The fourth-order valence-corrected chi connectivity index (χ4v) is 1.79. The Morgan fingerprint density at radius 1 is 1.06 bits per heavy atom. The van der Waals surface area contributed by atoms with Crippen LogP contribution in [0.3, 0.4) is 0 Å². The van der Waals surface area contributed by atoms with Crippen LogP contribution in [0.5, 0.6) is 11.5 Å². The monoisotopic (exact) mass is 218 g/mol. The Hall–Kier alpha value is -2.10. The minimum Gasteiger partial charge on any atom is -0.507 e. The number of allylic oxidation sites excluding steroid dienone is 2. The second-order valence-corrected chi connectivity index (χ2v) is 3.83. The summed E-state index contributed by atoms with van der Waals surface area (Å²) in [5.74, 6) is -1.39. The molecule has 2 N–H and O–H groups in total. The van der Waals surface area contributed by atoms with Crippen LogP contribution in [0.2, 0.25) is 0 Å². The molecule has 1 aliphatic rings. The highest BCUT2D eigenvalue weighted by Gasteiger charge is 2.30. The molecule has 0 saturated heterocycles. The van der Waals surface area contributed by atoms with E-state index in [1.807, 2.05) is 0 Å². The van der Waals surface area contributed by atoms with Crippen molar-refractivity contribution in [3.63, 3.8) is 0 Å². The maximum Gasteiger partial charge on any atom is 0.193 e. The smallest absolute Gasteiger partial charge is 0.193 e. The predicted octanol–water partition coefficient (Wildman–Crippen LogP) is 1.73. The zero-order valence-corrected chi connectivity index (χ0v) is 8.87. The topological polar surface area (TPSA) is 74.6 Å². The van der Waals surface area contributed by atoms with Gasteiger partial charge >= 0.3 is 0 Å². The van der Waals surface area contributed by atoms with E-state index in [9.17, 15) is 19.8 Å². The fraction of sp³-hybridized carbons (Fsp3) is 0.167. The molecule has 0 saturated carbocycles. The number of aromatic hydroxyl groups is 2. The van der Waals surface area contributed by atoms with Crippen LogP contribution in [-0.2, 0) is 0 Å². The van der Waals surface area contributed by atoms with Crippen molar-refractivity contribution >= 4 is 11.6 Å². The van der Waals surface area contributed by atoms with Crippen LogP contribution in [0.1, 0.15) is 33.2 Å². The number of hydrogen-bond donors (Lipinski definition) is 2. The molecule has 4 heteroatoms. The highest BCUT2D eigenvalue weighted by atomic mass is 16.3. The normalized spacial score (nSPS) is 14.8. The van der Waals surface area contributed by atoms with Crippen LogP contribution in [0.15, 0.2) is 17.7 Å². The van der Waals surface area contributed by atoms with E-state index >= 15 is 0 Å². The SMILES string of the molecule is CC1=CC(=O)c2c(O)c(C)cc(O)c2C1=O. The number of ketones is 2. The number of carbonyl (C=O) groups is 2. The van der Waals surface area contributed by atoms with Gasteiger partial charge in [-0.2, -0.15) is 0 Å². The molecule has 0 radical (unpaired) electrons. The third-order valence-corrected chi connectivity index (χ3v) is 2.65. The van der Waals surface area contributed by atoms with Gasteiger partial charge in [0.05, 0.1) is 11.1 Å². The number of phenols is 2. The van der Waals surface area contributed by atoms with Gasteiger partial charge in [0.1, 0.15) is 11.5 Å². The minimum absolute atomic E-state index is 0.104. The first-order valence-electron chi connectivity index (χ1n) is 4.76. The highest BCUT2D eigenvalue weighted by molar-refractivity contribution is 6.26. The molecule has 0 fully saturated rings. The van der Waals surface area contributed by atoms with E-state index in [1.54, 1.807) is 6.92 Å². The van der Waals surface area contributed by atoms with Gasteiger partial charge in [-0.05, 0) is 31.6 Å². The van der Waals surface area contributed by atoms with Crippen molar-refractivity contribution in [2.24, 2.45) is 0 Å². The summed E-state index contributed by atoms with van der Waals surface area (Å²) in [5, 5.41) is 19.4. The van der Waals surface area contributed by atoms with Crippen molar-refractivity contribution in [1.82, 2.24) is 0 Å². The van der Waals surface area contributed by atoms with Crippen LogP contribution in [0, 0.1) is 6.92 Å². The molecule has 16 heavy (non-hydrogen) atoms. The number of Topliss-reactive ketones (excluding diaryl/α,β-unsaturated/α-hetero) is 1. The molecule has 0 unspecified atom stereocenters. The molecule has 2 rings (SSSR count). The Balaban J connectivity index is 2.87. The average Bonchev–Trinajstić information content (AvgIpc) is 2.20. The number of hydrogen-bond acceptors (Lipinski definition) is 4. The summed E-state index contributed by atoms with van der Waals surface area (Å²) < 4.78 is 0. The van der Waals surface area contributed by atoms with Crippen LogP contribution in [0.4, 0.5) is 0 Å². The van der Waals surface area contributed by atoms with E-state index in [0.717, 1.165) is 0 Å². The molecule has 0 spiro atoms. The van der Waals surface area contributed by atoms with Gasteiger partial charge in [-0.25, -0.2) is 0 Å². The lowest BCUT2D eigenvalue weighted by Crippen LogP contribution is -2.16. The van der Waals surface area contributed by atoms with Crippen molar-refractivity contribution < 1.29 is 19.8 Å². The number of aryl methyl sites for hydroxylation is 1. The van der Waals surface area contributed by atoms with E-state index in [2.05, 4.69) is 0 Å². The van der Waals surface area contributed by atoms with Crippen molar-refractivity contribution in [3.8, 4) is 11.5 Å². The number of rotatable bonds is 0. The third-order valence-electron chi connectivity index (χ3n) is 2.65. The van der Waals surface area contributed by atoms with Gasteiger partial charge in [0, 0.05) is 5.57 Å². The van der Waals surface area contributed by atoms with Crippen LogP contribution < -0.4 is 0 Å². The van der Waals surface area contributed by atoms with Crippen LogP contribution >= 0.6 is 0 Å². The molecule has 1 aromatic carbocycles. The van der Waals surface area contributed by atoms with Crippen molar-refractivity contribution in [3.05, 3.63) is 34.4 Å². The number of carbonyl (C=O) groups excluding carboxylic acids is 2. The molecule has 0 bridgehead atoms. The van der Waals surface area contributed by atoms with E-state index in [1.165, 1.54) is 19.1 Å². The third kappa shape index (κ3) is 1.23. The minimum atomic E-state index is -0.455. The lowest BCUT2D eigenvalue weighted by atomic mass is 9.87. The van der Waals surface area contributed by atoms with Crippen molar-refractivity contribution in [2.45, 2.75) is 13.8 Å². The second kappa shape index (κ2) is 3.20. The fourth-order valence-electron chi connectivity index (χ4n) is 1.79. The lowest BCUT2D eigenvalue weighted by Gasteiger charge is -2.16. The highest BCUT2D eigenvalue weighted by Crippen LogP contribution is 2.36. The molecule has 0 atom stereocenters. The summed E-state index contributed by atoms with van der Waals surface area (Å²) >= 11 is 0. The first-order valence-corrected chi connectivity index (χ1v) is 4.76. The van der Waals surface area contributed by atoms with Gasteiger partial charge in [-0.1, -0.05) is 0 Å². The zero-order valence-electron chi connectivity index (χ0n) is 8.87. The Morgan fingerprint density at radius 3 is 2.31 bits per heavy atom. The quantitative estimate of drug-likeness (QED) is 0.650. The molecule has 0 amide bonds. The number of fused-ring (bicyclic) bond motifs is 1. The Labute approximate surface area is 91.8 Å². The standard InChI is InChI=1S/C12H10O4/c1-5-3-7(13)10-9(11(5)15)8(14)4-6(2)12(10)16/h3-4,13,15H,1-2H3. The molecular formula is C12H10O4. The predicted molar refractivity (Wildman–Crippen MR) is 56.9 cm³/mol. The second-order valence-electron chi connectivity index (χ2n) is 3.83. The summed E-state index contributed by atoms with van der Waals surface area (Å²) in [6, 6.07) is 1.28. The largest absolute Gasteiger partial charge is 0.507 e. The number of phenolic OH excluding ortho intramolecular Hbond substituents is 2. The van der Waals surface area contributed by atoms with Gasteiger partial charge < -0.3 is 10.2 Å². The van der Waals surface area contributed by atoms with Gasteiger partial charge in [-0.3, -0.25) is 9.59 Å². The molecule has 1 aliphatic carbocycles. The Bertz CT molecular complexity index is 553. The van der Waals surface area contributed by atoms with E-state index in [0.29, 0.717) is 5.56 Å². The summed E-state index contributed by atoms with van der Waals surface area (Å²) in [6.45, 7) is 3.05. The maximum atomic E-state index is 11.8. The molecule has 0 aromatic heterocycles. The average molecular weight is 218 g/mol. The van der Waals surface area contributed by atoms with E-state index < -0.39 is 11.6 Å². The summed E-state index contributed by atoms with van der Waals surface area (Å²) in [6.07, 6.45) is 1.17. The molecular weight excluding hydrogens is 208 g/mol. The van der Waals surface area contributed by atoms with E-state index in [4.69, 9.17) is 0 Å². The molecule has 0 aliphatic heterocycles. The summed E-state index contributed by atoms with van der Waals surface area (Å²) in [4.78, 5) is 23.4. The van der Waals surface area contributed by atoms with Gasteiger partial charge in [0.15, 0.2) is 11.6 Å². The summed E-state index contributed by atoms with van der Waals surface area (Å²) in [5.41, 5.74) is 0.419. The molecule has 4 nitrogen and oxygen atoms in total. The van der Waals surface area contributed by atoms with Gasteiger partial charge in [0.25, 0.3) is 0 Å². The van der Waals surface area contributed by atoms with Gasteiger partial charge in [-0.15, -0.1) is 0 Å². The first-order chi connectivity index (χ1) is 7.43. The van der Waals surface area contributed by atoms with Crippen molar-refractivity contribution in [1.29, 1.82) is 0 Å². The van der Waals surface area contributed by atoms with E-state index in [-0.39, 0.29) is 28.2 Å². The zero-order chi connectivity index (χ0) is 12.0. The first kappa shape index (κ1) is 10.4. The maximum absolute atomic E-state index is 11.8. The molecule has 82 valence electrons.